The summed E-state index contributed by atoms with van der Waals surface area (Å²) in [5.41, 5.74) is 0.00242. The van der Waals surface area contributed by atoms with Crippen LogP contribution in [-0.4, -0.2) is 37.0 Å². The van der Waals surface area contributed by atoms with Gasteiger partial charge in [0.1, 0.15) is 5.57 Å². The maximum atomic E-state index is 12.9. The van der Waals surface area contributed by atoms with Gasteiger partial charge in [0.05, 0.1) is 24.8 Å². The highest BCUT2D eigenvalue weighted by atomic mass is 79.9. The molecule has 1 aliphatic rings. The largest absolute Gasteiger partial charge is 0.493 e. The fourth-order valence-electron chi connectivity index (χ4n) is 2.75. The summed E-state index contributed by atoms with van der Waals surface area (Å²) in [7, 11) is 2.91. The van der Waals surface area contributed by atoms with Crippen LogP contribution in [0.5, 0.6) is 11.5 Å². The summed E-state index contributed by atoms with van der Waals surface area (Å²) in [5, 5.41) is 12.9. The number of nitro benzene ring substituents is 1. The lowest BCUT2D eigenvalue weighted by Gasteiger charge is -2.26. The molecule has 1 heterocycles. The Balaban J connectivity index is 2.03. The van der Waals surface area contributed by atoms with E-state index in [0.29, 0.717) is 21.5 Å². The van der Waals surface area contributed by atoms with E-state index in [0.717, 1.165) is 17.0 Å². The smallest absolute Gasteiger partial charge is 0.335 e. The highest BCUT2D eigenvalue weighted by Crippen LogP contribution is 2.35. The topological polar surface area (TPSA) is 128 Å². The number of methoxy groups -OCH3 is 2. The number of imide groups is 2. The zero-order valence-corrected chi connectivity index (χ0v) is 17.3. The molecule has 1 saturated heterocycles. The van der Waals surface area contributed by atoms with Gasteiger partial charge in [-0.3, -0.25) is 25.0 Å². The number of non-ortho nitro benzene ring substituents is 1. The number of nitrogens with zero attached hydrogens (tertiary/aromatic N) is 2. The van der Waals surface area contributed by atoms with Gasteiger partial charge in [-0.2, -0.15) is 0 Å². The summed E-state index contributed by atoms with van der Waals surface area (Å²) in [6, 6.07) is 7.01. The van der Waals surface area contributed by atoms with Crippen LogP contribution in [0.3, 0.4) is 0 Å². The highest BCUT2D eigenvalue weighted by Gasteiger charge is 2.37. The van der Waals surface area contributed by atoms with Crippen molar-refractivity contribution in [3.63, 3.8) is 0 Å². The second-order valence-electron chi connectivity index (χ2n) is 5.96. The number of rotatable bonds is 5. The van der Waals surface area contributed by atoms with E-state index < -0.39 is 22.8 Å². The van der Waals surface area contributed by atoms with Crippen LogP contribution in [0.15, 0.2) is 46.4 Å². The molecular formula is C19H14BrN3O7. The Morgan fingerprint density at radius 3 is 2.23 bits per heavy atom. The van der Waals surface area contributed by atoms with Crippen molar-refractivity contribution in [1.29, 1.82) is 0 Å². The van der Waals surface area contributed by atoms with E-state index >= 15 is 0 Å². The van der Waals surface area contributed by atoms with Gasteiger partial charge in [-0.15, -0.1) is 0 Å². The number of urea groups is 1. The van der Waals surface area contributed by atoms with Gasteiger partial charge in [0.2, 0.25) is 0 Å². The predicted octanol–water partition coefficient (Wildman–Crippen LogP) is 3.04. The van der Waals surface area contributed by atoms with E-state index in [1.165, 1.54) is 32.4 Å². The minimum absolute atomic E-state index is 0.0767. The van der Waals surface area contributed by atoms with Gasteiger partial charge in [0, 0.05) is 16.6 Å². The van der Waals surface area contributed by atoms with Gasteiger partial charge >= 0.3 is 6.03 Å². The van der Waals surface area contributed by atoms with Gasteiger partial charge < -0.3 is 9.47 Å². The van der Waals surface area contributed by atoms with Crippen LogP contribution in [0, 0.1) is 10.1 Å². The van der Waals surface area contributed by atoms with E-state index in [1.807, 2.05) is 0 Å². The van der Waals surface area contributed by atoms with Crippen LogP contribution < -0.4 is 19.7 Å². The SMILES string of the molecule is COc1cc(Br)c(/C=C2\C(=O)NC(=O)N(c3ccc([N+](=O)[O-])cc3)C2=O)cc1OC. The number of hydrogen-bond acceptors (Lipinski definition) is 7. The maximum absolute atomic E-state index is 12.9. The summed E-state index contributed by atoms with van der Waals surface area (Å²) in [5.74, 6) is -0.933. The lowest BCUT2D eigenvalue weighted by atomic mass is 10.1. The molecule has 0 unspecified atom stereocenters. The molecule has 4 amide bonds. The third kappa shape index (κ3) is 3.87. The molecule has 0 radical (unpaired) electrons. The Morgan fingerprint density at radius 2 is 1.67 bits per heavy atom. The molecule has 2 aromatic carbocycles. The molecule has 0 aliphatic carbocycles. The van der Waals surface area contributed by atoms with Gasteiger partial charge in [-0.05, 0) is 35.9 Å². The zero-order valence-electron chi connectivity index (χ0n) is 15.7. The van der Waals surface area contributed by atoms with E-state index in [4.69, 9.17) is 9.47 Å². The van der Waals surface area contributed by atoms with E-state index in [1.54, 1.807) is 12.1 Å². The van der Waals surface area contributed by atoms with E-state index in [-0.39, 0.29) is 16.9 Å². The molecule has 3 rings (SSSR count). The van der Waals surface area contributed by atoms with Crippen molar-refractivity contribution in [3.8, 4) is 11.5 Å². The van der Waals surface area contributed by atoms with E-state index in [9.17, 15) is 24.5 Å². The highest BCUT2D eigenvalue weighted by molar-refractivity contribution is 9.10. The number of nitrogens with one attached hydrogen (secondary N) is 1. The number of halogens is 1. The molecule has 1 fully saturated rings. The molecule has 154 valence electrons. The van der Waals surface area contributed by atoms with Crippen molar-refractivity contribution in [2.45, 2.75) is 0 Å². The first-order valence-corrected chi connectivity index (χ1v) is 9.13. The molecule has 0 spiro atoms. The van der Waals surface area contributed by atoms with Crippen LogP contribution in [0.4, 0.5) is 16.2 Å². The van der Waals surface area contributed by atoms with Crippen LogP contribution in [-0.2, 0) is 9.59 Å². The quantitative estimate of drug-likeness (QED) is 0.304. The van der Waals surface area contributed by atoms with Crippen molar-refractivity contribution in [2.24, 2.45) is 0 Å². The minimum atomic E-state index is -0.956. The predicted molar refractivity (Wildman–Crippen MR) is 109 cm³/mol. The van der Waals surface area contributed by atoms with Crippen molar-refractivity contribution in [3.05, 3.63) is 62.1 Å². The Bertz CT molecular complexity index is 1100. The Hall–Kier alpha value is -3.73. The molecule has 2 aromatic rings. The normalized spacial score (nSPS) is 15.2. The number of anilines is 1. The minimum Gasteiger partial charge on any atom is -0.493 e. The van der Waals surface area contributed by atoms with E-state index in [2.05, 4.69) is 21.2 Å². The molecule has 11 heteroatoms. The van der Waals surface area contributed by atoms with Crippen molar-refractivity contribution in [1.82, 2.24) is 5.32 Å². The lowest BCUT2D eigenvalue weighted by molar-refractivity contribution is -0.384. The summed E-state index contributed by atoms with van der Waals surface area (Å²) >= 11 is 3.34. The average molecular weight is 476 g/mol. The van der Waals surface area contributed by atoms with Gasteiger partial charge in [-0.25, -0.2) is 9.69 Å². The maximum Gasteiger partial charge on any atom is 0.335 e. The number of hydrogen-bond donors (Lipinski definition) is 1. The molecule has 0 atom stereocenters. The number of benzene rings is 2. The number of ether oxygens (including phenoxy) is 2. The second-order valence-corrected chi connectivity index (χ2v) is 6.81. The Kier molecular flexibility index (Phi) is 5.83. The standard InChI is InChI=1S/C19H14BrN3O7/c1-29-15-8-10(14(20)9-16(15)30-2)7-13-17(24)21-19(26)22(18(13)25)11-3-5-12(6-4-11)23(27)28/h3-9H,1-2H3,(H,21,24,26)/b13-7+. The second kappa shape index (κ2) is 8.33. The monoisotopic (exact) mass is 475 g/mol. The van der Waals surface area contributed by atoms with Crippen molar-refractivity contribution >= 4 is 51.2 Å². The third-order valence-electron chi connectivity index (χ3n) is 4.22. The first kappa shape index (κ1) is 21.0. The summed E-state index contributed by atoms with van der Waals surface area (Å²) in [6.07, 6.45) is 1.30. The van der Waals surface area contributed by atoms with Crippen molar-refractivity contribution < 1.29 is 28.8 Å². The summed E-state index contributed by atoms with van der Waals surface area (Å²) in [4.78, 5) is 48.4. The molecular weight excluding hydrogens is 462 g/mol. The number of carbonyl (C=O) groups is 3. The van der Waals surface area contributed by atoms with Crippen LogP contribution >= 0.6 is 15.9 Å². The molecule has 30 heavy (non-hydrogen) atoms. The Morgan fingerprint density at radius 1 is 1.07 bits per heavy atom. The van der Waals surface area contributed by atoms with Crippen LogP contribution in [0.2, 0.25) is 0 Å². The van der Waals surface area contributed by atoms with Gasteiger partial charge in [0.25, 0.3) is 17.5 Å². The van der Waals surface area contributed by atoms with Crippen LogP contribution in [0.1, 0.15) is 5.56 Å². The molecule has 0 bridgehead atoms. The third-order valence-corrected chi connectivity index (χ3v) is 4.91. The summed E-state index contributed by atoms with van der Waals surface area (Å²) in [6.45, 7) is 0. The lowest BCUT2D eigenvalue weighted by Crippen LogP contribution is -2.54. The number of barbiturate groups is 1. The number of amides is 4. The molecule has 10 nitrogen and oxygen atoms in total. The number of nitro groups is 1. The Labute approximate surface area is 178 Å². The average Bonchev–Trinajstić information content (AvgIpc) is 2.71. The van der Waals surface area contributed by atoms with Gasteiger partial charge in [-0.1, -0.05) is 15.9 Å². The molecule has 0 aromatic heterocycles. The van der Waals surface area contributed by atoms with Crippen molar-refractivity contribution in [2.75, 3.05) is 19.1 Å². The fourth-order valence-corrected chi connectivity index (χ4v) is 3.19. The van der Waals surface area contributed by atoms with Gasteiger partial charge in [0.15, 0.2) is 11.5 Å². The van der Waals surface area contributed by atoms with Crippen LogP contribution in [0.25, 0.3) is 6.08 Å². The first-order chi connectivity index (χ1) is 14.3. The first-order valence-electron chi connectivity index (χ1n) is 8.34. The zero-order chi connectivity index (χ0) is 22.0. The summed E-state index contributed by atoms with van der Waals surface area (Å²) < 4.78 is 10.9. The fraction of sp³-hybridized carbons (Fsp3) is 0.105. The molecule has 1 aliphatic heterocycles. The molecule has 1 N–H and O–H groups in total. The molecule has 0 saturated carbocycles. The number of carbonyl (C=O) groups excluding carboxylic acids is 3.